The third-order valence-corrected chi connectivity index (χ3v) is 4.83. The van der Waals surface area contributed by atoms with Crippen molar-refractivity contribution in [3.63, 3.8) is 0 Å². The maximum atomic E-state index is 12.7. The minimum absolute atomic E-state index is 0.129. The number of carbonyl (C=O) groups excluding carboxylic acids is 2. The number of rotatable bonds is 5. The maximum absolute atomic E-state index is 12.7. The molecule has 0 spiro atoms. The number of nitrogens with one attached hydrogen (secondary N) is 1. The van der Waals surface area contributed by atoms with Gasteiger partial charge in [0, 0.05) is 11.5 Å². The quantitative estimate of drug-likeness (QED) is 0.825. The summed E-state index contributed by atoms with van der Waals surface area (Å²) in [5.74, 6) is -1.06. The molecule has 0 aliphatic heterocycles. The van der Waals surface area contributed by atoms with Gasteiger partial charge in [0.2, 0.25) is 0 Å². The van der Waals surface area contributed by atoms with Gasteiger partial charge < -0.3 is 10.1 Å². The lowest BCUT2D eigenvalue weighted by molar-refractivity contribution is -0.153. The summed E-state index contributed by atoms with van der Waals surface area (Å²) in [6.07, 6.45) is 3.54. The molecule has 2 aromatic rings. The molecule has 4 heteroatoms. The normalized spacial score (nSPS) is 22.6. The molecule has 1 aliphatic carbocycles. The summed E-state index contributed by atoms with van der Waals surface area (Å²) >= 11 is 0. The van der Waals surface area contributed by atoms with E-state index >= 15 is 0 Å². The highest BCUT2D eigenvalue weighted by Gasteiger charge is 2.31. The molecule has 1 saturated carbocycles. The molecular weight excluding hydrogens is 326 g/mol. The van der Waals surface area contributed by atoms with Crippen molar-refractivity contribution in [2.75, 3.05) is 0 Å². The summed E-state index contributed by atoms with van der Waals surface area (Å²) < 4.78 is 14.0. The van der Waals surface area contributed by atoms with Crippen LogP contribution in [0.4, 0.5) is 0 Å². The van der Waals surface area contributed by atoms with Gasteiger partial charge in [-0.15, -0.1) is 0 Å². The van der Waals surface area contributed by atoms with E-state index in [0.717, 1.165) is 31.2 Å². The average Bonchev–Trinajstić information content (AvgIpc) is 2.69. The number of ether oxygens (including phenoxy) is 1. The number of hydrogen-bond acceptors (Lipinski definition) is 3. The number of carbonyl (C=O) groups is 2. The van der Waals surface area contributed by atoms with E-state index in [9.17, 15) is 9.59 Å². The summed E-state index contributed by atoms with van der Waals surface area (Å²) in [6, 6.07) is 16.8. The zero-order valence-corrected chi connectivity index (χ0v) is 15.0. The predicted octanol–water partition coefficient (Wildman–Crippen LogP) is 4.07. The number of benzene rings is 2. The first-order valence-electron chi connectivity index (χ1n) is 9.61. The van der Waals surface area contributed by atoms with Gasteiger partial charge in [-0.1, -0.05) is 55.0 Å². The number of esters is 1. The van der Waals surface area contributed by atoms with E-state index < -0.39 is 17.9 Å². The van der Waals surface area contributed by atoms with Crippen molar-refractivity contribution in [2.24, 2.45) is 0 Å². The van der Waals surface area contributed by atoms with Crippen molar-refractivity contribution in [1.29, 1.82) is 0 Å². The molecule has 3 rings (SSSR count). The lowest BCUT2D eigenvalue weighted by Crippen LogP contribution is -2.42. The first-order chi connectivity index (χ1) is 13.0. The van der Waals surface area contributed by atoms with Gasteiger partial charge >= 0.3 is 5.97 Å². The molecule has 0 radical (unpaired) electrons. The van der Waals surface area contributed by atoms with E-state index in [1.165, 1.54) is 6.92 Å². The number of amides is 1. The Morgan fingerprint density at radius 1 is 1.04 bits per heavy atom. The summed E-state index contributed by atoms with van der Waals surface area (Å²) in [5.41, 5.74) is 1.55. The Labute approximate surface area is 156 Å². The Morgan fingerprint density at radius 3 is 2.35 bits per heavy atom. The van der Waals surface area contributed by atoms with Gasteiger partial charge in [-0.3, -0.25) is 4.79 Å². The van der Waals surface area contributed by atoms with Crippen LogP contribution in [0.3, 0.4) is 0 Å². The van der Waals surface area contributed by atoms with Crippen LogP contribution in [0.1, 0.15) is 55.8 Å². The van der Waals surface area contributed by atoms with Gasteiger partial charge in [0.1, 0.15) is 12.1 Å². The van der Waals surface area contributed by atoms with E-state index in [4.69, 9.17) is 6.11 Å². The van der Waals surface area contributed by atoms with Crippen LogP contribution >= 0.6 is 0 Å². The third kappa shape index (κ3) is 4.51. The van der Waals surface area contributed by atoms with E-state index in [-0.39, 0.29) is 12.0 Å². The number of hydrogen-bond donors (Lipinski definition) is 1. The second-order valence-corrected chi connectivity index (χ2v) is 6.69. The smallest absolute Gasteiger partial charge is 0.328 e. The minimum Gasteiger partial charge on any atom is -0.460 e. The van der Waals surface area contributed by atoms with Crippen LogP contribution in [0.2, 0.25) is 0 Å². The zero-order chi connectivity index (χ0) is 19.3. The monoisotopic (exact) mass is 352 g/mol. The van der Waals surface area contributed by atoms with Crippen LogP contribution in [0.15, 0.2) is 60.7 Å². The van der Waals surface area contributed by atoms with E-state index in [1.807, 2.05) is 30.3 Å². The average molecular weight is 352 g/mol. The molecule has 0 aromatic heterocycles. The first-order valence-corrected chi connectivity index (χ1v) is 9.11. The van der Waals surface area contributed by atoms with Gasteiger partial charge in [0.15, 0.2) is 0 Å². The predicted molar refractivity (Wildman–Crippen MR) is 101 cm³/mol. The standard InChI is InChI=1S/C22H25NO3/c1-16(23-21(24)18-12-6-3-7-13-18)22(25)26-20-15-9-8-14-19(20)17-10-4-2-5-11-17/h2-7,10-13,16,19-20H,8-9,14-15H2,1H3,(H,23,24)/t16?,19-,20+/m0/s1/i16D. The molecule has 1 fully saturated rings. The first kappa shape index (κ1) is 16.8. The zero-order valence-electron chi connectivity index (χ0n) is 16.0. The minimum atomic E-state index is -1.84. The summed E-state index contributed by atoms with van der Waals surface area (Å²) in [4.78, 5) is 25.0. The van der Waals surface area contributed by atoms with Crippen LogP contribution in [0.5, 0.6) is 0 Å². The Bertz CT molecular complexity index is 777. The molecule has 1 aliphatic rings. The van der Waals surface area contributed by atoms with E-state index in [2.05, 4.69) is 5.32 Å². The Kier molecular flexibility index (Phi) is 5.60. The van der Waals surface area contributed by atoms with Crippen LogP contribution in [0.25, 0.3) is 0 Å². The van der Waals surface area contributed by atoms with Gasteiger partial charge in [0.05, 0.1) is 1.37 Å². The Hall–Kier alpha value is -2.62. The van der Waals surface area contributed by atoms with Crippen LogP contribution in [-0.4, -0.2) is 24.0 Å². The molecule has 1 unspecified atom stereocenters. The molecule has 2 aromatic carbocycles. The lowest BCUT2D eigenvalue weighted by atomic mass is 9.81. The fourth-order valence-corrected chi connectivity index (χ4v) is 3.43. The molecule has 3 atom stereocenters. The molecule has 136 valence electrons. The van der Waals surface area contributed by atoms with Gasteiger partial charge in [0.25, 0.3) is 5.91 Å². The van der Waals surface area contributed by atoms with Gasteiger partial charge in [-0.25, -0.2) is 4.79 Å². The summed E-state index contributed by atoms with van der Waals surface area (Å²) in [5, 5.41) is 2.47. The molecule has 0 bridgehead atoms. The van der Waals surface area contributed by atoms with Crippen molar-refractivity contribution >= 4 is 11.9 Å². The molecule has 1 amide bonds. The summed E-state index contributed by atoms with van der Waals surface area (Å²) in [7, 11) is 0. The second-order valence-electron chi connectivity index (χ2n) is 6.69. The van der Waals surface area contributed by atoms with Crippen LogP contribution < -0.4 is 5.32 Å². The Balaban J connectivity index is 1.67. The molecule has 0 saturated heterocycles. The second kappa shape index (κ2) is 8.65. The fourth-order valence-electron chi connectivity index (χ4n) is 3.43. The third-order valence-electron chi connectivity index (χ3n) is 4.83. The van der Waals surface area contributed by atoms with Crippen molar-refractivity contribution in [2.45, 2.75) is 50.6 Å². The van der Waals surface area contributed by atoms with Crippen molar-refractivity contribution in [3.8, 4) is 0 Å². The topological polar surface area (TPSA) is 55.4 Å². The molecule has 1 N–H and O–H groups in total. The molecule has 26 heavy (non-hydrogen) atoms. The molecule has 4 nitrogen and oxygen atoms in total. The highest BCUT2D eigenvalue weighted by Crippen LogP contribution is 2.35. The van der Waals surface area contributed by atoms with Crippen LogP contribution in [-0.2, 0) is 9.53 Å². The van der Waals surface area contributed by atoms with E-state index in [0.29, 0.717) is 5.56 Å². The highest BCUT2D eigenvalue weighted by atomic mass is 16.5. The van der Waals surface area contributed by atoms with Crippen molar-refractivity contribution in [1.82, 2.24) is 5.32 Å². The van der Waals surface area contributed by atoms with Gasteiger partial charge in [-0.2, -0.15) is 0 Å². The SMILES string of the molecule is [2H]C(C)(NC(=O)c1ccccc1)C(=O)O[C@@H]1CCCC[C@H]1c1ccccc1. The summed E-state index contributed by atoms with van der Waals surface area (Å²) in [6.45, 7) is 1.36. The van der Waals surface area contributed by atoms with Crippen molar-refractivity contribution < 1.29 is 15.7 Å². The fraction of sp³-hybridized carbons (Fsp3) is 0.364. The van der Waals surface area contributed by atoms with Crippen LogP contribution in [0, 0.1) is 0 Å². The molecule has 0 heterocycles. The maximum Gasteiger partial charge on any atom is 0.328 e. The Morgan fingerprint density at radius 2 is 1.65 bits per heavy atom. The largest absolute Gasteiger partial charge is 0.460 e. The van der Waals surface area contributed by atoms with Gasteiger partial charge in [-0.05, 0) is 43.9 Å². The lowest BCUT2D eigenvalue weighted by Gasteiger charge is -2.32. The molecular formula is C22H25NO3. The highest BCUT2D eigenvalue weighted by molar-refractivity contribution is 5.96. The van der Waals surface area contributed by atoms with Crippen molar-refractivity contribution in [3.05, 3.63) is 71.8 Å². The van der Waals surface area contributed by atoms with E-state index in [1.54, 1.807) is 30.3 Å².